The van der Waals surface area contributed by atoms with Crippen molar-refractivity contribution < 1.29 is 9.59 Å². The SMILES string of the molecule is CN(C)c1ccc(NC(=O)CC(=O)NCc2ccccc2)cc1. The van der Waals surface area contributed by atoms with E-state index in [1.54, 1.807) is 0 Å². The van der Waals surface area contributed by atoms with Crippen LogP contribution in [0.15, 0.2) is 54.6 Å². The van der Waals surface area contributed by atoms with Crippen LogP contribution in [0.1, 0.15) is 12.0 Å². The number of benzene rings is 2. The lowest BCUT2D eigenvalue weighted by Crippen LogP contribution is -2.27. The Kier molecular flexibility index (Phi) is 5.74. The summed E-state index contributed by atoms with van der Waals surface area (Å²) in [7, 11) is 3.90. The zero-order valence-corrected chi connectivity index (χ0v) is 13.4. The van der Waals surface area contributed by atoms with Crippen LogP contribution in [0.3, 0.4) is 0 Å². The average Bonchev–Trinajstić information content (AvgIpc) is 2.54. The Hall–Kier alpha value is -2.82. The van der Waals surface area contributed by atoms with Crippen LogP contribution in [-0.4, -0.2) is 25.9 Å². The quantitative estimate of drug-likeness (QED) is 0.805. The van der Waals surface area contributed by atoms with Crippen molar-refractivity contribution in [1.29, 1.82) is 0 Å². The van der Waals surface area contributed by atoms with Crippen LogP contribution in [0.2, 0.25) is 0 Å². The first-order valence-corrected chi connectivity index (χ1v) is 7.42. The van der Waals surface area contributed by atoms with Crippen LogP contribution >= 0.6 is 0 Å². The fourth-order valence-electron chi connectivity index (χ4n) is 2.05. The summed E-state index contributed by atoms with van der Waals surface area (Å²) in [6.45, 7) is 0.421. The molecular weight excluding hydrogens is 290 g/mol. The summed E-state index contributed by atoms with van der Waals surface area (Å²) in [5.41, 5.74) is 2.72. The van der Waals surface area contributed by atoms with Crippen molar-refractivity contribution in [3.8, 4) is 0 Å². The summed E-state index contributed by atoms with van der Waals surface area (Å²) in [6, 6.07) is 17.0. The summed E-state index contributed by atoms with van der Waals surface area (Å²) < 4.78 is 0. The number of nitrogens with zero attached hydrogens (tertiary/aromatic N) is 1. The van der Waals surface area contributed by atoms with Gasteiger partial charge in [-0.15, -0.1) is 0 Å². The standard InChI is InChI=1S/C18H21N3O2/c1-21(2)16-10-8-15(9-11-16)20-18(23)12-17(22)19-13-14-6-4-3-5-7-14/h3-11H,12-13H2,1-2H3,(H,19,22)(H,20,23). The van der Waals surface area contributed by atoms with Crippen LogP contribution in [0, 0.1) is 0 Å². The van der Waals surface area contributed by atoms with E-state index in [4.69, 9.17) is 0 Å². The van der Waals surface area contributed by atoms with Gasteiger partial charge in [-0.25, -0.2) is 0 Å². The minimum absolute atomic E-state index is 0.192. The second-order valence-electron chi connectivity index (χ2n) is 5.43. The van der Waals surface area contributed by atoms with Crippen LogP contribution in [-0.2, 0) is 16.1 Å². The molecule has 2 rings (SSSR count). The molecule has 0 unspecified atom stereocenters. The second kappa shape index (κ2) is 7.98. The predicted octanol–water partition coefficient (Wildman–Crippen LogP) is 2.40. The van der Waals surface area contributed by atoms with Gasteiger partial charge in [-0.05, 0) is 29.8 Å². The molecule has 0 fully saturated rings. The maximum Gasteiger partial charge on any atom is 0.233 e. The number of nitrogens with one attached hydrogen (secondary N) is 2. The third-order valence-corrected chi connectivity index (χ3v) is 3.32. The minimum Gasteiger partial charge on any atom is -0.378 e. The first kappa shape index (κ1) is 16.5. The lowest BCUT2D eigenvalue weighted by atomic mass is 10.2. The van der Waals surface area contributed by atoms with Gasteiger partial charge >= 0.3 is 0 Å². The van der Waals surface area contributed by atoms with E-state index in [-0.39, 0.29) is 18.2 Å². The number of anilines is 2. The Bertz CT molecular complexity index is 652. The Morgan fingerprint density at radius 3 is 2.17 bits per heavy atom. The number of carbonyl (C=O) groups is 2. The summed E-state index contributed by atoms with van der Waals surface area (Å²) >= 11 is 0. The Balaban J connectivity index is 1.78. The van der Waals surface area contributed by atoms with Gasteiger partial charge in [-0.2, -0.15) is 0 Å². The highest BCUT2D eigenvalue weighted by Gasteiger charge is 2.09. The van der Waals surface area contributed by atoms with Crippen molar-refractivity contribution in [2.45, 2.75) is 13.0 Å². The molecule has 2 amide bonds. The molecule has 0 bridgehead atoms. The minimum atomic E-state index is -0.326. The van der Waals surface area contributed by atoms with E-state index in [1.165, 1.54) is 0 Å². The van der Waals surface area contributed by atoms with E-state index in [2.05, 4.69) is 10.6 Å². The Morgan fingerprint density at radius 2 is 1.57 bits per heavy atom. The number of amides is 2. The molecule has 0 radical (unpaired) electrons. The van der Waals surface area contributed by atoms with Gasteiger partial charge in [0.1, 0.15) is 6.42 Å². The first-order chi connectivity index (χ1) is 11.0. The van der Waals surface area contributed by atoms with Gasteiger partial charge in [0, 0.05) is 32.0 Å². The molecule has 2 aromatic carbocycles. The van der Waals surface area contributed by atoms with E-state index in [1.807, 2.05) is 73.6 Å². The van der Waals surface area contributed by atoms with Crippen molar-refractivity contribution >= 4 is 23.2 Å². The third-order valence-electron chi connectivity index (χ3n) is 3.32. The van der Waals surface area contributed by atoms with E-state index >= 15 is 0 Å². The van der Waals surface area contributed by atoms with Crippen LogP contribution in [0.5, 0.6) is 0 Å². The second-order valence-corrected chi connectivity index (χ2v) is 5.43. The zero-order chi connectivity index (χ0) is 16.7. The molecule has 2 aromatic rings. The Morgan fingerprint density at radius 1 is 0.913 bits per heavy atom. The van der Waals surface area contributed by atoms with E-state index in [9.17, 15) is 9.59 Å². The van der Waals surface area contributed by atoms with Crippen molar-refractivity contribution in [2.75, 3.05) is 24.3 Å². The molecule has 0 saturated heterocycles. The van der Waals surface area contributed by atoms with Gasteiger partial charge < -0.3 is 15.5 Å². The molecule has 0 aliphatic rings. The predicted molar refractivity (Wildman–Crippen MR) is 92.3 cm³/mol. The highest BCUT2D eigenvalue weighted by Crippen LogP contribution is 2.15. The fraction of sp³-hybridized carbons (Fsp3) is 0.222. The maximum absolute atomic E-state index is 11.9. The molecule has 5 nitrogen and oxygen atoms in total. The van der Waals surface area contributed by atoms with E-state index < -0.39 is 0 Å². The molecular formula is C18H21N3O2. The van der Waals surface area contributed by atoms with Gasteiger partial charge in [0.05, 0.1) is 0 Å². The van der Waals surface area contributed by atoms with Crippen molar-refractivity contribution in [1.82, 2.24) is 5.32 Å². The smallest absolute Gasteiger partial charge is 0.233 e. The molecule has 0 aromatic heterocycles. The normalized spacial score (nSPS) is 10.0. The lowest BCUT2D eigenvalue weighted by molar-refractivity contribution is -0.126. The van der Waals surface area contributed by atoms with Crippen molar-refractivity contribution in [2.24, 2.45) is 0 Å². The molecule has 0 heterocycles. The Labute approximate surface area is 136 Å². The number of carbonyl (C=O) groups excluding carboxylic acids is 2. The van der Waals surface area contributed by atoms with E-state index in [0.717, 1.165) is 11.3 Å². The molecule has 0 atom stereocenters. The summed E-state index contributed by atoms with van der Waals surface area (Å²) in [4.78, 5) is 25.6. The topological polar surface area (TPSA) is 61.4 Å². The maximum atomic E-state index is 11.9. The molecule has 120 valence electrons. The number of rotatable bonds is 6. The van der Waals surface area contributed by atoms with Gasteiger partial charge in [0.25, 0.3) is 0 Å². The average molecular weight is 311 g/mol. The number of hydrogen-bond donors (Lipinski definition) is 2. The molecule has 0 aliphatic carbocycles. The van der Waals surface area contributed by atoms with Gasteiger partial charge in [0.2, 0.25) is 11.8 Å². The summed E-state index contributed by atoms with van der Waals surface area (Å²) in [5.74, 6) is -0.621. The zero-order valence-electron chi connectivity index (χ0n) is 13.4. The molecule has 2 N–H and O–H groups in total. The molecule has 0 spiro atoms. The van der Waals surface area contributed by atoms with Gasteiger partial charge in [0.15, 0.2) is 0 Å². The molecule has 0 aliphatic heterocycles. The summed E-state index contributed by atoms with van der Waals surface area (Å²) in [5, 5.41) is 5.45. The largest absolute Gasteiger partial charge is 0.378 e. The van der Waals surface area contributed by atoms with Crippen molar-refractivity contribution in [3.05, 3.63) is 60.2 Å². The van der Waals surface area contributed by atoms with Crippen LogP contribution in [0.25, 0.3) is 0 Å². The van der Waals surface area contributed by atoms with Crippen molar-refractivity contribution in [3.63, 3.8) is 0 Å². The summed E-state index contributed by atoms with van der Waals surface area (Å²) in [6.07, 6.45) is -0.192. The molecule has 23 heavy (non-hydrogen) atoms. The van der Waals surface area contributed by atoms with E-state index in [0.29, 0.717) is 12.2 Å². The first-order valence-electron chi connectivity index (χ1n) is 7.42. The number of hydrogen-bond acceptors (Lipinski definition) is 3. The highest BCUT2D eigenvalue weighted by molar-refractivity contribution is 6.03. The van der Waals surface area contributed by atoms with Gasteiger partial charge in [-0.1, -0.05) is 30.3 Å². The molecule has 5 heteroatoms. The van der Waals surface area contributed by atoms with Crippen LogP contribution in [0.4, 0.5) is 11.4 Å². The fourth-order valence-corrected chi connectivity index (χ4v) is 2.05. The lowest BCUT2D eigenvalue weighted by Gasteiger charge is -2.13. The van der Waals surface area contributed by atoms with Gasteiger partial charge in [-0.3, -0.25) is 9.59 Å². The molecule has 0 saturated carbocycles. The third kappa shape index (κ3) is 5.47. The van der Waals surface area contributed by atoms with Crippen LogP contribution < -0.4 is 15.5 Å². The monoisotopic (exact) mass is 311 g/mol. The highest BCUT2D eigenvalue weighted by atomic mass is 16.2.